The summed E-state index contributed by atoms with van der Waals surface area (Å²) in [5.41, 5.74) is 4.33. The molecule has 1 unspecified atom stereocenters. The van der Waals surface area contributed by atoms with Crippen molar-refractivity contribution in [2.45, 2.75) is 44.6 Å². The van der Waals surface area contributed by atoms with Crippen molar-refractivity contribution >= 4 is 15.9 Å². The predicted molar refractivity (Wildman–Crippen MR) is 75.5 cm³/mol. The fourth-order valence-electron chi connectivity index (χ4n) is 2.81. The summed E-state index contributed by atoms with van der Waals surface area (Å²) in [5, 5.41) is 0. The van der Waals surface area contributed by atoms with Crippen LogP contribution < -0.4 is 11.3 Å². The average Bonchev–Trinajstić information content (AvgIpc) is 2.81. The zero-order chi connectivity index (χ0) is 12.1. The summed E-state index contributed by atoms with van der Waals surface area (Å²) in [7, 11) is 0. The van der Waals surface area contributed by atoms with E-state index in [-0.39, 0.29) is 0 Å². The molecule has 1 aromatic rings. The Labute approximate surface area is 112 Å². The largest absolute Gasteiger partial charge is 0.271 e. The van der Waals surface area contributed by atoms with Crippen molar-refractivity contribution in [1.29, 1.82) is 0 Å². The summed E-state index contributed by atoms with van der Waals surface area (Å²) < 4.78 is 1.15. The molecule has 1 aliphatic rings. The van der Waals surface area contributed by atoms with Gasteiger partial charge in [0.2, 0.25) is 0 Å². The van der Waals surface area contributed by atoms with Crippen LogP contribution in [0, 0.1) is 5.92 Å². The second-order valence-electron chi connectivity index (χ2n) is 5.08. The number of hydrazine groups is 1. The van der Waals surface area contributed by atoms with Crippen molar-refractivity contribution in [3.8, 4) is 0 Å². The minimum absolute atomic E-state index is 0.410. The first-order chi connectivity index (χ1) is 8.28. The van der Waals surface area contributed by atoms with Gasteiger partial charge in [0.05, 0.1) is 0 Å². The van der Waals surface area contributed by atoms with E-state index in [0.717, 1.165) is 16.8 Å². The van der Waals surface area contributed by atoms with E-state index in [1.165, 1.54) is 37.7 Å². The molecule has 3 heteroatoms. The average molecular weight is 297 g/mol. The van der Waals surface area contributed by atoms with E-state index in [0.29, 0.717) is 6.04 Å². The smallest absolute Gasteiger partial charge is 0.0253 e. The van der Waals surface area contributed by atoms with Gasteiger partial charge in [-0.25, -0.2) is 0 Å². The molecule has 0 amide bonds. The van der Waals surface area contributed by atoms with Gasteiger partial charge in [-0.15, -0.1) is 0 Å². The van der Waals surface area contributed by atoms with Crippen LogP contribution in [0.5, 0.6) is 0 Å². The summed E-state index contributed by atoms with van der Waals surface area (Å²) in [5.74, 6) is 6.55. The first kappa shape index (κ1) is 13.1. The highest BCUT2D eigenvalue weighted by Gasteiger charge is 2.19. The molecule has 17 heavy (non-hydrogen) atoms. The molecule has 0 aliphatic heterocycles. The third-order valence-electron chi connectivity index (χ3n) is 3.70. The van der Waals surface area contributed by atoms with Crippen LogP contribution in [0.2, 0.25) is 0 Å². The zero-order valence-corrected chi connectivity index (χ0v) is 11.7. The third-order valence-corrected chi connectivity index (χ3v) is 4.19. The maximum Gasteiger partial charge on any atom is 0.0253 e. The Balaban J connectivity index is 1.90. The Morgan fingerprint density at radius 1 is 1.35 bits per heavy atom. The monoisotopic (exact) mass is 296 g/mol. The summed E-state index contributed by atoms with van der Waals surface area (Å²) in [6.07, 6.45) is 7.81. The molecule has 1 aromatic carbocycles. The molecule has 1 atom stereocenters. The summed E-state index contributed by atoms with van der Waals surface area (Å²) in [6, 6.07) is 8.91. The predicted octanol–water partition coefficient (Wildman–Crippen LogP) is 3.40. The zero-order valence-electron chi connectivity index (χ0n) is 10.2. The summed E-state index contributed by atoms with van der Waals surface area (Å²) in [6.45, 7) is 0. The van der Waals surface area contributed by atoms with Crippen molar-refractivity contribution in [1.82, 2.24) is 5.43 Å². The quantitative estimate of drug-likeness (QED) is 0.645. The van der Waals surface area contributed by atoms with Gasteiger partial charge in [0, 0.05) is 10.5 Å². The van der Waals surface area contributed by atoms with Crippen molar-refractivity contribution in [3.63, 3.8) is 0 Å². The van der Waals surface area contributed by atoms with Crippen LogP contribution in [-0.4, -0.2) is 6.04 Å². The molecule has 2 rings (SSSR count). The SMILES string of the molecule is NNC(Cc1cccc(Br)c1)CC1CCCC1. The molecule has 1 aliphatic carbocycles. The van der Waals surface area contributed by atoms with Gasteiger partial charge in [-0.3, -0.25) is 11.3 Å². The molecule has 0 saturated heterocycles. The second kappa shape index (κ2) is 6.53. The normalized spacial score (nSPS) is 18.5. The summed E-state index contributed by atoms with van der Waals surface area (Å²) in [4.78, 5) is 0. The third kappa shape index (κ3) is 4.09. The molecule has 0 heterocycles. The Morgan fingerprint density at radius 3 is 2.76 bits per heavy atom. The molecular weight excluding hydrogens is 276 g/mol. The molecule has 2 nitrogen and oxygen atoms in total. The number of benzene rings is 1. The molecule has 0 radical (unpaired) electrons. The number of hydrogen-bond acceptors (Lipinski definition) is 2. The molecule has 94 valence electrons. The molecule has 1 fully saturated rings. The number of rotatable bonds is 5. The summed E-state index contributed by atoms with van der Waals surface area (Å²) >= 11 is 3.51. The lowest BCUT2D eigenvalue weighted by Crippen LogP contribution is -2.38. The minimum atomic E-state index is 0.410. The Bertz CT molecular complexity index is 348. The van der Waals surface area contributed by atoms with Crippen molar-refractivity contribution < 1.29 is 0 Å². The fraction of sp³-hybridized carbons (Fsp3) is 0.571. The van der Waals surface area contributed by atoms with Crippen molar-refractivity contribution in [2.24, 2.45) is 11.8 Å². The van der Waals surface area contributed by atoms with Crippen LogP contribution in [0.4, 0.5) is 0 Å². The van der Waals surface area contributed by atoms with E-state index in [1.54, 1.807) is 0 Å². The van der Waals surface area contributed by atoms with Crippen LogP contribution in [0.3, 0.4) is 0 Å². The van der Waals surface area contributed by atoms with E-state index < -0.39 is 0 Å². The number of nitrogens with one attached hydrogen (secondary N) is 1. The number of nitrogens with two attached hydrogens (primary N) is 1. The standard InChI is InChI=1S/C14H21BrN2/c15-13-7-3-6-12(8-13)10-14(17-16)9-11-4-1-2-5-11/h3,6-8,11,14,17H,1-2,4-5,9-10,16H2. The first-order valence-electron chi connectivity index (χ1n) is 6.48. The van der Waals surface area contributed by atoms with Gasteiger partial charge in [-0.1, -0.05) is 53.7 Å². The van der Waals surface area contributed by atoms with E-state index >= 15 is 0 Å². The highest BCUT2D eigenvalue weighted by Crippen LogP contribution is 2.29. The van der Waals surface area contributed by atoms with E-state index in [4.69, 9.17) is 5.84 Å². The van der Waals surface area contributed by atoms with Crippen molar-refractivity contribution in [3.05, 3.63) is 34.3 Å². The van der Waals surface area contributed by atoms with Gasteiger partial charge in [-0.05, 0) is 36.5 Å². The van der Waals surface area contributed by atoms with Crippen LogP contribution in [-0.2, 0) is 6.42 Å². The van der Waals surface area contributed by atoms with E-state index in [9.17, 15) is 0 Å². The lowest BCUT2D eigenvalue weighted by molar-refractivity contribution is 0.389. The van der Waals surface area contributed by atoms with Crippen LogP contribution >= 0.6 is 15.9 Å². The number of halogens is 1. The van der Waals surface area contributed by atoms with Gasteiger partial charge < -0.3 is 0 Å². The molecule has 0 bridgehead atoms. The van der Waals surface area contributed by atoms with Gasteiger partial charge in [-0.2, -0.15) is 0 Å². The van der Waals surface area contributed by atoms with Crippen LogP contribution in [0.25, 0.3) is 0 Å². The van der Waals surface area contributed by atoms with Crippen LogP contribution in [0.1, 0.15) is 37.7 Å². The molecule has 3 N–H and O–H groups in total. The lowest BCUT2D eigenvalue weighted by Gasteiger charge is -2.19. The second-order valence-corrected chi connectivity index (χ2v) is 6.00. The number of hydrogen-bond donors (Lipinski definition) is 2. The maximum atomic E-state index is 5.68. The Kier molecular flexibility index (Phi) is 5.01. The van der Waals surface area contributed by atoms with Gasteiger partial charge in [0.15, 0.2) is 0 Å². The van der Waals surface area contributed by atoms with Crippen molar-refractivity contribution in [2.75, 3.05) is 0 Å². The molecule has 0 aromatic heterocycles. The van der Waals surface area contributed by atoms with Gasteiger partial charge in [0.1, 0.15) is 0 Å². The highest BCUT2D eigenvalue weighted by atomic mass is 79.9. The lowest BCUT2D eigenvalue weighted by atomic mass is 9.94. The molecule has 1 saturated carbocycles. The van der Waals surface area contributed by atoms with E-state index in [2.05, 4.69) is 45.6 Å². The van der Waals surface area contributed by atoms with Crippen LogP contribution in [0.15, 0.2) is 28.7 Å². The van der Waals surface area contributed by atoms with E-state index in [1.807, 2.05) is 0 Å². The fourth-order valence-corrected chi connectivity index (χ4v) is 3.25. The minimum Gasteiger partial charge on any atom is -0.271 e. The first-order valence-corrected chi connectivity index (χ1v) is 7.28. The topological polar surface area (TPSA) is 38.0 Å². The highest BCUT2D eigenvalue weighted by molar-refractivity contribution is 9.10. The Hall–Kier alpha value is -0.380. The van der Waals surface area contributed by atoms with Gasteiger partial charge >= 0.3 is 0 Å². The van der Waals surface area contributed by atoms with Gasteiger partial charge in [0.25, 0.3) is 0 Å². The molecular formula is C14H21BrN2. The molecule has 0 spiro atoms. The Morgan fingerprint density at radius 2 is 2.12 bits per heavy atom. The maximum absolute atomic E-state index is 5.68.